The maximum absolute atomic E-state index is 12.8. The molecule has 124 valence electrons. The second kappa shape index (κ2) is 7.33. The van der Waals surface area contributed by atoms with Crippen LogP contribution in [0.3, 0.4) is 0 Å². The molecule has 2 aromatic carbocycles. The van der Waals surface area contributed by atoms with Crippen molar-refractivity contribution in [2.24, 2.45) is 11.7 Å². The first-order valence-corrected chi connectivity index (χ1v) is 8.13. The predicted molar refractivity (Wildman–Crippen MR) is 97.7 cm³/mol. The topological polar surface area (TPSA) is 46.3 Å². The van der Waals surface area contributed by atoms with Crippen LogP contribution in [-0.4, -0.2) is 23.4 Å². The van der Waals surface area contributed by atoms with Gasteiger partial charge in [0.25, 0.3) is 0 Å². The highest BCUT2D eigenvalue weighted by Gasteiger charge is 2.33. The molecule has 1 heterocycles. The maximum Gasteiger partial charge on any atom is 0.227 e. The summed E-state index contributed by atoms with van der Waals surface area (Å²) in [7, 11) is 0. The minimum atomic E-state index is -0.129. The molecule has 4 heteroatoms. The van der Waals surface area contributed by atoms with Crippen molar-refractivity contribution in [3.63, 3.8) is 0 Å². The van der Waals surface area contributed by atoms with Crippen molar-refractivity contribution in [1.29, 1.82) is 0 Å². The van der Waals surface area contributed by atoms with Crippen molar-refractivity contribution in [3.05, 3.63) is 48.0 Å². The second-order valence-corrected chi connectivity index (χ2v) is 6.41. The average molecular weight is 333 g/mol. The fourth-order valence-corrected chi connectivity index (χ4v) is 3.38. The summed E-state index contributed by atoms with van der Waals surface area (Å²) in [5.41, 5.74) is 7.20. The largest absolute Gasteiger partial charge is 0.335 e. The summed E-state index contributed by atoms with van der Waals surface area (Å²) in [6.45, 7) is 4.68. The van der Waals surface area contributed by atoms with Crippen molar-refractivity contribution in [2.45, 2.75) is 38.8 Å². The summed E-state index contributed by atoms with van der Waals surface area (Å²) in [4.78, 5) is 14.8. The highest BCUT2D eigenvalue weighted by Crippen LogP contribution is 2.36. The Hall–Kier alpha value is -1.58. The number of carbonyl (C=O) groups excluding carboxylic acids is 1. The molecule has 0 aromatic heterocycles. The van der Waals surface area contributed by atoms with E-state index >= 15 is 0 Å². The third-order valence-corrected chi connectivity index (χ3v) is 4.90. The van der Waals surface area contributed by atoms with E-state index in [4.69, 9.17) is 5.73 Å². The fourth-order valence-electron chi connectivity index (χ4n) is 3.38. The monoisotopic (exact) mass is 332 g/mol. The fraction of sp³-hybridized carbons (Fsp3) is 0.421. The Kier molecular flexibility index (Phi) is 5.66. The minimum absolute atomic E-state index is 0. The molecule has 1 saturated heterocycles. The number of hydrogen-bond donors (Lipinski definition) is 1. The van der Waals surface area contributed by atoms with Gasteiger partial charge in [0.2, 0.25) is 5.91 Å². The Morgan fingerprint density at radius 2 is 1.87 bits per heavy atom. The lowest BCUT2D eigenvalue weighted by molar-refractivity contribution is -0.136. The Balaban J connectivity index is 0.00000192. The van der Waals surface area contributed by atoms with Crippen LogP contribution >= 0.6 is 12.4 Å². The first-order valence-electron chi connectivity index (χ1n) is 8.13. The molecule has 23 heavy (non-hydrogen) atoms. The molecule has 2 aromatic rings. The average Bonchev–Trinajstić information content (AvgIpc) is 3.02. The van der Waals surface area contributed by atoms with E-state index in [2.05, 4.69) is 42.5 Å². The molecule has 1 fully saturated rings. The zero-order valence-corrected chi connectivity index (χ0v) is 14.6. The maximum atomic E-state index is 12.8. The highest BCUT2D eigenvalue weighted by atomic mass is 35.5. The normalized spacial score (nSPS) is 20.1. The first kappa shape index (κ1) is 17.8. The number of rotatable bonds is 3. The summed E-state index contributed by atoms with van der Waals surface area (Å²) < 4.78 is 0. The molecule has 3 atom stereocenters. The van der Waals surface area contributed by atoms with Crippen molar-refractivity contribution in [3.8, 4) is 0 Å². The van der Waals surface area contributed by atoms with Crippen LogP contribution in [0.2, 0.25) is 0 Å². The number of carbonyl (C=O) groups is 1. The standard InChI is InChI=1S/C19H24N2O.ClH/c1-13(14(2)20)19(22)21-12-6-11-18(21)17-10-5-8-15-7-3-4-9-16(15)17;/h3-5,7-10,13-14,18H,6,11-12,20H2,1-2H3;1H. The van der Waals surface area contributed by atoms with E-state index < -0.39 is 0 Å². The summed E-state index contributed by atoms with van der Waals surface area (Å²) in [5, 5.41) is 2.49. The predicted octanol–water partition coefficient (Wildman–Crippen LogP) is 3.91. The van der Waals surface area contributed by atoms with Gasteiger partial charge in [-0.05, 0) is 36.1 Å². The third-order valence-electron chi connectivity index (χ3n) is 4.90. The molecule has 0 bridgehead atoms. The molecule has 3 rings (SSSR count). The van der Waals surface area contributed by atoms with Crippen LogP contribution in [0.1, 0.15) is 38.3 Å². The van der Waals surface area contributed by atoms with Gasteiger partial charge in [0, 0.05) is 12.6 Å². The van der Waals surface area contributed by atoms with Crippen LogP contribution < -0.4 is 5.73 Å². The lowest BCUT2D eigenvalue weighted by atomic mass is 9.96. The number of fused-ring (bicyclic) bond motifs is 1. The van der Waals surface area contributed by atoms with Gasteiger partial charge in [0.1, 0.15) is 0 Å². The van der Waals surface area contributed by atoms with Gasteiger partial charge in [-0.1, -0.05) is 49.4 Å². The van der Waals surface area contributed by atoms with E-state index in [1.54, 1.807) is 0 Å². The first-order chi connectivity index (χ1) is 10.6. The third kappa shape index (κ3) is 3.36. The number of amides is 1. The summed E-state index contributed by atoms with van der Waals surface area (Å²) in [6, 6.07) is 14.9. The van der Waals surface area contributed by atoms with E-state index in [9.17, 15) is 4.79 Å². The molecule has 0 spiro atoms. The molecular formula is C19H25ClN2O. The van der Waals surface area contributed by atoms with Gasteiger partial charge in [-0.3, -0.25) is 4.79 Å². The molecule has 0 aliphatic carbocycles. The molecule has 0 radical (unpaired) electrons. The van der Waals surface area contributed by atoms with Gasteiger partial charge >= 0.3 is 0 Å². The smallest absolute Gasteiger partial charge is 0.227 e. The number of nitrogens with two attached hydrogens (primary N) is 1. The van der Waals surface area contributed by atoms with Crippen molar-refractivity contribution < 1.29 is 4.79 Å². The Morgan fingerprint density at radius 1 is 1.17 bits per heavy atom. The lowest BCUT2D eigenvalue weighted by Gasteiger charge is -2.29. The number of halogens is 1. The highest BCUT2D eigenvalue weighted by molar-refractivity contribution is 5.87. The van der Waals surface area contributed by atoms with Crippen LogP contribution in [0.5, 0.6) is 0 Å². The van der Waals surface area contributed by atoms with E-state index in [0.29, 0.717) is 0 Å². The molecule has 0 saturated carbocycles. The summed E-state index contributed by atoms with van der Waals surface area (Å²) in [5.74, 6) is 0.0565. The Labute approximate surface area is 144 Å². The van der Waals surface area contributed by atoms with Gasteiger partial charge in [-0.2, -0.15) is 0 Å². The van der Waals surface area contributed by atoms with Crippen molar-refractivity contribution in [2.75, 3.05) is 6.54 Å². The van der Waals surface area contributed by atoms with Gasteiger partial charge in [0.05, 0.1) is 12.0 Å². The summed E-state index contributed by atoms with van der Waals surface area (Å²) in [6.07, 6.45) is 2.09. The van der Waals surface area contributed by atoms with Crippen LogP contribution in [0.25, 0.3) is 10.8 Å². The minimum Gasteiger partial charge on any atom is -0.335 e. The number of likely N-dealkylation sites (tertiary alicyclic amines) is 1. The lowest BCUT2D eigenvalue weighted by Crippen LogP contribution is -2.41. The van der Waals surface area contributed by atoms with Crippen molar-refractivity contribution >= 4 is 29.1 Å². The van der Waals surface area contributed by atoms with Gasteiger partial charge < -0.3 is 10.6 Å². The van der Waals surface area contributed by atoms with Crippen LogP contribution in [-0.2, 0) is 4.79 Å². The number of hydrogen-bond acceptors (Lipinski definition) is 2. The van der Waals surface area contributed by atoms with E-state index in [-0.39, 0.29) is 36.3 Å². The molecule has 3 unspecified atom stereocenters. The zero-order chi connectivity index (χ0) is 15.7. The Morgan fingerprint density at radius 3 is 2.61 bits per heavy atom. The van der Waals surface area contributed by atoms with Crippen molar-refractivity contribution in [1.82, 2.24) is 4.90 Å². The van der Waals surface area contributed by atoms with Gasteiger partial charge in [-0.15, -0.1) is 12.4 Å². The molecule has 3 nitrogen and oxygen atoms in total. The molecule has 1 aliphatic rings. The molecule has 2 N–H and O–H groups in total. The number of benzene rings is 2. The van der Waals surface area contributed by atoms with Crippen LogP contribution in [0, 0.1) is 5.92 Å². The van der Waals surface area contributed by atoms with E-state index in [1.165, 1.54) is 16.3 Å². The molecule has 1 amide bonds. The zero-order valence-electron chi connectivity index (χ0n) is 13.7. The molecule has 1 aliphatic heterocycles. The van der Waals surface area contributed by atoms with Gasteiger partial charge in [-0.25, -0.2) is 0 Å². The Bertz CT molecular complexity index is 681. The van der Waals surface area contributed by atoms with E-state index in [1.807, 2.05) is 18.7 Å². The second-order valence-electron chi connectivity index (χ2n) is 6.41. The summed E-state index contributed by atoms with van der Waals surface area (Å²) >= 11 is 0. The van der Waals surface area contributed by atoms with Crippen LogP contribution in [0.15, 0.2) is 42.5 Å². The SMILES string of the molecule is CC(N)C(C)C(=O)N1CCCC1c1cccc2ccccc12.Cl. The van der Waals surface area contributed by atoms with Gasteiger partial charge in [0.15, 0.2) is 0 Å². The number of nitrogens with zero attached hydrogens (tertiary/aromatic N) is 1. The molecular weight excluding hydrogens is 308 g/mol. The quantitative estimate of drug-likeness (QED) is 0.926. The van der Waals surface area contributed by atoms with Crippen LogP contribution in [0.4, 0.5) is 0 Å². The van der Waals surface area contributed by atoms with E-state index in [0.717, 1.165) is 19.4 Å².